The fourth-order valence-corrected chi connectivity index (χ4v) is 8.63. The van der Waals surface area contributed by atoms with Gasteiger partial charge in [-0.05, 0) is 35.4 Å². The van der Waals surface area contributed by atoms with E-state index in [0.29, 0.717) is 11.8 Å². The van der Waals surface area contributed by atoms with E-state index in [4.69, 9.17) is 4.42 Å². The predicted molar refractivity (Wildman–Crippen MR) is 182 cm³/mol. The van der Waals surface area contributed by atoms with Crippen molar-refractivity contribution < 1.29 is 4.42 Å². The second-order valence-corrected chi connectivity index (χ2v) is 12.7. The molecule has 0 saturated carbocycles. The first kappa shape index (κ1) is 24.5. The lowest BCUT2D eigenvalue weighted by molar-refractivity contribution is 0.585. The largest absolute Gasteiger partial charge is 0.416 e. The molecule has 6 aromatic carbocycles. The molecule has 202 valence electrons. The van der Waals surface area contributed by atoms with E-state index in [0.717, 1.165) is 22.3 Å². The highest BCUT2D eigenvalue weighted by Crippen LogP contribution is 2.44. The van der Waals surface area contributed by atoms with Crippen LogP contribution in [0.2, 0.25) is 0 Å². The molecule has 0 fully saturated rings. The van der Waals surface area contributed by atoms with E-state index >= 15 is 0 Å². The molecule has 0 aliphatic heterocycles. The number of hydrogen-bond donors (Lipinski definition) is 0. The number of hydrogen-bond acceptors (Lipinski definition) is 5. The molecular weight excluding hydrogens is 565 g/mol. The Morgan fingerprint density at radius 2 is 0.721 bits per heavy atom. The summed E-state index contributed by atoms with van der Waals surface area (Å²) in [7, 11) is 0. The van der Waals surface area contributed by atoms with Crippen LogP contribution >= 0.6 is 22.7 Å². The first-order chi connectivity index (χ1) is 21.3. The van der Waals surface area contributed by atoms with Crippen LogP contribution in [0.3, 0.4) is 0 Å². The Balaban J connectivity index is 1.18. The van der Waals surface area contributed by atoms with Gasteiger partial charge in [-0.3, -0.25) is 0 Å². The van der Waals surface area contributed by atoms with Gasteiger partial charge in [-0.1, -0.05) is 109 Å². The van der Waals surface area contributed by atoms with E-state index in [2.05, 4.69) is 132 Å². The molecule has 9 rings (SSSR count). The zero-order valence-corrected chi connectivity index (χ0v) is 24.5. The van der Waals surface area contributed by atoms with Crippen molar-refractivity contribution in [2.75, 3.05) is 0 Å². The van der Waals surface area contributed by atoms with Crippen LogP contribution in [-0.4, -0.2) is 10.2 Å². The maximum atomic E-state index is 6.51. The van der Waals surface area contributed by atoms with Gasteiger partial charge in [0, 0.05) is 62.6 Å². The highest BCUT2D eigenvalue weighted by atomic mass is 32.1. The van der Waals surface area contributed by atoms with Crippen LogP contribution < -0.4 is 0 Å². The molecule has 0 aliphatic carbocycles. The van der Waals surface area contributed by atoms with Gasteiger partial charge >= 0.3 is 0 Å². The summed E-state index contributed by atoms with van der Waals surface area (Å²) in [5.41, 5.74) is 6.36. The average molecular weight is 587 g/mol. The maximum absolute atomic E-state index is 6.51. The molecule has 3 heterocycles. The second-order valence-electron chi connectivity index (χ2n) is 10.6. The van der Waals surface area contributed by atoms with Gasteiger partial charge in [0.05, 0.1) is 0 Å². The van der Waals surface area contributed by atoms with Crippen LogP contribution in [0, 0.1) is 0 Å². The molecular formula is C38H22N2OS2. The van der Waals surface area contributed by atoms with E-state index < -0.39 is 0 Å². The molecule has 0 radical (unpaired) electrons. The Kier molecular flexibility index (Phi) is 5.54. The molecule has 0 amide bonds. The summed E-state index contributed by atoms with van der Waals surface area (Å²) in [5.74, 6) is 1.03. The van der Waals surface area contributed by atoms with Gasteiger partial charge in [-0.2, -0.15) is 0 Å². The van der Waals surface area contributed by atoms with Gasteiger partial charge in [-0.25, -0.2) is 0 Å². The van der Waals surface area contributed by atoms with E-state index in [1.165, 1.54) is 51.5 Å². The van der Waals surface area contributed by atoms with Crippen molar-refractivity contribution in [3.8, 4) is 45.2 Å². The highest BCUT2D eigenvalue weighted by Gasteiger charge is 2.20. The summed E-state index contributed by atoms with van der Waals surface area (Å²) in [6, 6.07) is 46.9. The molecule has 0 N–H and O–H groups in total. The molecule has 0 aliphatic rings. The van der Waals surface area contributed by atoms with Crippen LogP contribution in [0.5, 0.6) is 0 Å². The molecule has 5 heteroatoms. The van der Waals surface area contributed by atoms with Gasteiger partial charge in [0.15, 0.2) is 0 Å². The third-order valence-electron chi connectivity index (χ3n) is 8.13. The lowest BCUT2D eigenvalue weighted by atomic mass is 9.97. The van der Waals surface area contributed by atoms with E-state index in [9.17, 15) is 0 Å². The summed E-state index contributed by atoms with van der Waals surface area (Å²) in [5, 5.41) is 14.3. The quantitative estimate of drug-likeness (QED) is 0.206. The Bertz CT molecular complexity index is 2310. The SMILES string of the molecule is c1ccc(-c2cccc3c2sc2ccccc23)c(-c2nnc(-c3ccccc3-c3cccc4c3sc3ccccc34)o2)c1. The summed E-state index contributed by atoms with van der Waals surface area (Å²) >= 11 is 3.65. The highest BCUT2D eigenvalue weighted by molar-refractivity contribution is 7.26. The van der Waals surface area contributed by atoms with Crippen molar-refractivity contribution in [3.63, 3.8) is 0 Å². The number of thiophene rings is 2. The van der Waals surface area contributed by atoms with Crippen LogP contribution in [0.4, 0.5) is 0 Å². The molecule has 0 atom stereocenters. The minimum atomic E-state index is 0.513. The molecule has 0 bridgehead atoms. The normalized spacial score (nSPS) is 11.7. The fourth-order valence-electron chi connectivity index (χ4n) is 6.17. The lowest BCUT2D eigenvalue weighted by Gasteiger charge is -2.09. The van der Waals surface area contributed by atoms with Gasteiger partial charge in [0.2, 0.25) is 11.8 Å². The molecule has 3 nitrogen and oxygen atoms in total. The number of aromatic nitrogens is 2. The van der Waals surface area contributed by atoms with Gasteiger partial charge < -0.3 is 4.42 Å². The van der Waals surface area contributed by atoms with Gasteiger partial charge in [-0.15, -0.1) is 32.9 Å². The van der Waals surface area contributed by atoms with Gasteiger partial charge in [0.1, 0.15) is 0 Å². The lowest BCUT2D eigenvalue weighted by Crippen LogP contribution is -1.85. The molecule has 3 aromatic heterocycles. The van der Waals surface area contributed by atoms with Crippen LogP contribution in [0.15, 0.2) is 138 Å². The minimum absolute atomic E-state index is 0.513. The number of rotatable bonds is 4. The van der Waals surface area contributed by atoms with Crippen LogP contribution in [0.1, 0.15) is 0 Å². The predicted octanol–water partition coefficient (Wildman–Crippen LogP) is 11.5. The Morgan fingerprint density at radius 3 is 1.21 bits per heavy atom. The molecule has 0 spiro atoms. The monoisotopic (exact) mass is 586 g/mol. The standard InChI is InChI=1S/C38H22N2OS2/c1-3-15-31(23(11-1)27-17-9-19-29-25-13-5-7-21-33(25)42-35(27)29)37-39-40-38(41-37)32-16-4-2-12-24(32)28-18-10-20-30-26-14-6-8-22-34(26)43-36(28)30/h1-22H. The van der Waals surface area contributed by atoms with Crippen molar-refractivity contribution in [1.29, 1.82) is 0 Å². The van der Waals surface area contributed by atoms with E-state index in [1.54, 1.807) is 0 Å². The Morgan fingerprint density at radius 1 is 0.349 bits per heavy atom. The summed E-state index contributed by atoms with van der Waals surface area (Å²) < 4.78 is 11.6. The average Bonchev–Trinajstić information content (AvgIpc) is 3.80. The molecule has 9 aromatic rings. The van der Waals surface area contributed by atoms with Crippen LogP contribution in [0.25, 0.3) is 85.5 Å². The van der Waals surface area contributed by atoms with Crippen molar-refractivity contribution >= 4 is 63.0 Å². The van der Waals surface area contributed by atoms with Crippen molar-refractivity contribution in [1.82, 2.24) is 10.2 Å². The Labute approximate surface area is 255 Å². The number of benzene rings is 6. The number of fused-ring (bicyclic) bond motifs is 6. The third kappa shape index (κ3) is 3.86. The first-order valence-electron chi connectivity index (χ1n) is 14.2. The van der Waals surface area contributed by atoms with E-state index in [1.807, 2.05) is 34.8 Å². The molecule has 0 unspecified atom stereocenters. The maximum Gasteiger partial charge on any atom is 0.248 e. The molecule has 0 saturated heterocycles. The second kappa shape index (κ2) is 9.73. The van der Waals surface area contributed by atoms with Crippen molar-refractivity contribution in [2.45, 2.75) is 0 Å². The molecule has 43 heavy (non-hydrogen) atoms. The van der Waals surface area contributed by atoms with Crippen LogP contribution in [-0.2, 0) is 0 Å². The number of nitrogens with zero attached hydrogens (tertiary/aromatic N) is 2. The summed E-state index contributed by atoms with van der Waals surface area (Å²) in [6.45, 7) is 0. The van der Waals surface area contributed by atoms with E-state index in [-0.39, 0.29) is 0 Å². The first-order valence-corrected chi connectivity index (χ1v) is 15.8. The van der Waals surface area contributed by atoms with Crippen molar-refractivity contribution in [2.24, 2.45) is 0 Å². The van der Waals surface area contributed by atoms with Crippen molar-refractivity contribution in [3.05, 3.63) is 133 Å². The fraction of sp³-hybridized carbons (Fsp3) is 0. The zero-order valence-electron chi connectivity index (χ0n) is 22.8. The minimum Gasteiger partial charge on any atom is -0.416 e. The zero-order chi connectivity index (χ0) is 28.3. The smallest absolute Gasteiger partial charge is 0.248 e. The summed E-state index contributed by atoms with van der Waals surface area (Å²) in [6.07, 6.45) is 0. The summed E-state index contributed by atoms with van der Waals surface area (Å²) in [4.78, 5) is 0. The third-order valence-corrected chi connectivity index (χ3v) is 10.6. The van der Waals surface area contributed by atoms with Gasteiger partial charge in [0.25, 0.3) is 0 Å². The topological polar surface area (TPSA) is 38.9 Å². The Hall–Kier alpha value is -5.10.